The Kier molecular flexibility index (Phi) is 5.89. The predicted molar refractivity (Wildman–Crippen MR) is 83.1 cm³/mol. The maximum Gasteiger partial charge on any atom is 0.203 e. The molecule has 1 saturated carbocycles. The molecule has 1 fully saturated rings. The fourth-order valence-electron chi connectivity index (χ4n) is 3.29. The van der Waals surface area contributed by atoms with Crippen LogP contribution in [0.3, 0.4) is 0 Å². The zero-order valence-corrected chi connectivity index (χ0v) is 13.1. The van der Waals surface area contributed by atoms with Gasteiger partial charge in [-0.1, -0.05) is 19.8 Å². The largest absolute Gasteiger partial charge is 0.383 e. The molecule has 1 aliphatic carbocycles. The Balaban J connectivity index is 1.87. The van der Waals surface area contributed by atoms with Crippen LogP contribution in [0.2, 0.25) is 0 Å². The number of anilines is 1. The van der Waals surface area contributed by atoms with Crippen molar-refractivity contribution in [2.24, 2.45) is 5.92 Å². The number of hydrogen-bond acceptors (Lipinski definition) is 3. The Morgan fingerprint density at radius 1 is 1.40 bits per heavy atom. The molecule has 4 heteroatoms. The average molecular weight is 279 g/mol. The minimum atomic E-state index is 0.321. The molecule has 4 nitrogen and oxygen atoms in total. The molecule has 1 heterocycles. The molecule has 1 aliphatic rings. The molecule has 2 rings (SSSR count). The molecular weight excluding hydrogens is 250 g/mol. The predicted octanol–water partition coefficient (Wildman–Crippen LogP) is 3.86. The summed E-state index contributed by atoms with van der Waals surface area (Å²) in [6.45, 7) is 5.17. The van der Waals surface area contributed by atoms with Crippen LogP contribution >= 0.6 is 0 Å². The van der Waals surface area contributed by atoms with Gasteiger partial charge in [-0.2, -0.15) is 0 Å². The van der Waals surface area contributed by atoms with E-state index < -0.39 is 0 Å². The Morgan fingerprint density at radius 2 is 2.15 bits per heavy atom. The third-order valence-electron chi connectivity index (χ3n) is 4.43. The quantitative estimate of drug-likeness (QED) is 0.823. The van der Waals surface area contributed by atoms with Crippen molar-refractivity contribution in [3.8, 4) is 0 Å². The minimum Gasteiger partial charge on any atom is -0.383 e. The standard InChI is InChI=1S/C16H29N3O/c1-4-5-14-6-8-15(9-7-14)18-16-17-10-11-19(16)13(2)12-20-3/h10-11,13-15H,4-9,12H2,1-3H3,(H,17,18). The minimum absolute atomic E-state index is 0.321. The van der Waals surface area contributed by atoms with E-state index in [1.54, 1.807) is 7.11 Å². The molecule has 0 aromatic carbocycles. The number of nitrogens with zero attached hydrogens (tertiary/aromatic N) is 2. The lowest BCUT2D eigenvalue weighted by Gasteiger charge is -2.29. The van der Waals surface area contributed by atoms with E-state index in [1.807, 2.05) is 12.4 Å². The van der Waals surface area contributed by atoms with E-state index in [-0.39, 0.29) is 0 Å². The van der Waals surface area contributed by atoms with Crippen molar-refractivity contribution in [3.63, 3.8) is 0 Å². The summed E-state index contributed by atoms with van der Waals surface area (Å²) >= 11 is 0. The molecule has 0 radical (unpaired) electrons. The zero-order valence-electron chi connectivity index (χ0n) is 13.1. The van der Waals surface area contributed by atoms with Gasteiger partial charge in [-0.3, -0.25) is 0 Å². The SMILES string of the molecule is CCCC1CCC(Nc2nccn2C(C)COC)CC1. The van der Waals surface area contributed by atoms with E-state index in [4.69, 9.17) is 4.74 Å². The first-order valence-corrected chi connectivity index (χ1v) is 8.02. The van der Waals surface area contributed by atoms with Crippen molar-refractivity contribution in [3.05, 3.63) is 12.4 Å². The second-order valence-electron chi connectivity index (χ2n) is 6.11. The third kappa shape index (κ3) is 3.98. The van der Waals surface area contributed by atoms with Gasteiger partial charge in [0, 0.05) is 25.5 Å². The van der Waals surface area contributed by atoms with Crippen LogP contribution in [0.1, 0.15) is 58.4 Å². The van der Waals surface area contributed by atoms with E-state index in [9.17, 15) is 0 Å². The first-order valence-electron chi connectivity index (χ1n) is 8.02. The van der Waals surface area contributed by atoms with Gasteiger partial charge >= 0.3 is 0 Å². The van der Waals surface area contributed by atoms with Gasteiger partial charge in [0.2, 0.25) is 5.95 Å². The van der Waals surface area contributed by atoms with Crippen LogP contribution in [0.15, 0.2) is 12.4 Å². The van der Waals surface area contributed by atoms with Gasteiger partial charge < -0.3 is 14.6 Å². The van der Waals surface area contributed by atoms with Crippen LogP contribution in [0.25, 0.3) is 0 Å². The van der Waals surface area contributed by atoms with Crippen LogP contribution in [0.5, 0.6) is 0 Å². The van der Waals surface area contributed by atoms with E-state index in [1.165, 1.54) is 38.5 Å². The maximum absolute atomic E-state index is 5.24. The van der Waals surface area contributed by atoms with E-state index >= 15 is 0 Å². The summed E-state index contributed by atoms with van der Waals surface area (Å²) in [5.41, 5.74) is 0. The lowest BCUT2D eigenvalue weighted by molar-refractivity contribution is 0.163. The molecule has 0 aliphatic heterocycles. The summed E-state index contributed by atoms with van der Waals surface area (Å²) in [4.78, 5) is 4.47. The van der Waals surface area contributed by atoms with Crippen LogP contribution in [-0.2, 0) is 4.74 Å². The molecule has 0 saturated heterocycles. The van der Waals surface area contributed by atoms with E-state index in [0.29, 0.717) is 18.7 Å². The first kappa shape index (κ1) is 15.4. The van der Waals surface area contributed by atoms with Crippen molar-refractivity contribution in [2.75, 3.05) is 19.0 Å². The van der Waals surface area contributed by atoms with Gasteiger partial charge in [-0.25, -0.2) is 4.98 Å². The van der Waals surface area contributed by atoms with Crippen molar-refractivity contribution in [1.82, 2.24) is 9.55 Å². The summed E-state index contributed by atoms with van der Waals surface area (Å²) in [5.74, 6) is 1.94. The maximum atomic E-state index is 5.24. The zero-order chi connectivity index (χ0) is 14.4. The normalized spacial score (nSPS) is 24.6. The van der Waals surface area contributed by atoms with Gasteiger partial charge in [0.05, 0.1) is 12.6 Å². The molecule has 114 valence electrons. The average Bonchev–Trinajstić information content (AvgIpc) is 2.90. The molecule has 0 spiro atoms. The third-order valence-corrected chi connectivity index (χ3v) is 4.43. The number of methoxy groups -OCH3 is 1. The van der Waals surface area contributed by atoms with Crippen LogP contribution in [0.4, 0.5) is 5.95 Å². The summed E-state index contributed by atoms with van der Waals surface area (Å²) in [5, 5.41) is 3.63. The Morgan fingerprint density at radius 3 is 2.80 bits per heavy atom. The molecule has 1 N–H and O–H groups in total. The molecular formula is C16H29N3O. The van der Waals surface area contributed by atoms with Gasteiger partial charge in [-0.05, 0) is 38.5 Å². The molecule has 0 bridgehead atoms. The fraction of sp³-hybridized carbons (Fsp3) is 0.812. The smallest absolute Gasteiger partial charge is 0.203 e. The number of ether oxygens (including phenoxy) is 1. The topological polar surface area (TPSA) is 39.1 Å². The van der Waals surface area contributed by atoms with Crippen molar-refractivity contribution >= 4 is 5.95 Å². The number of imidazole rings is 1. The monoisotopic (exact) mass is 279 g/mol. The first-order chi connectivity index (χ1) is 9.74. The lowest BCUT2D eigenvalue weighted by atomic mass is 9.83. The fourth-order valence-corrected chi connectivity index (χ4v) is 3.29. The Bertz CT molecular complexity index is 383. The Labute approximate surface area is 122 Å². The number of rotatable bonds is 7. The lowest BCUT2D eigenvalue weighted by Crippen LogP contribution is -2.28. The second kappa shape index (κ2) is 7.67. The van der Waals surface area contributed by atoms with Crippen LogP contribution in [-0.4, -0.2) is 29.3 Å². The molecule has 1 aromatic rings. The highest BCUT2D eigenvalue weighted by Crippen LogP contribution is 2.29. The summed E-state index contributed by atoms with van der Waals surface area (Å²) in [6, 6.07) is 0.903. The summed E-state index contributed by atoms with van der Waals surface area (Å²) in [6.07, 6.45) is 11.9. The van der Waals surface area contributed by atoms with Crippen LogP contribution < -0.4 is 5.32 Å². The number of nitrogens with one attached hydrogen (secondary N) is 1. The highest BCUT2D eigenvalue weighted by molar-refractivity contribution is 5.28. The highest BCUT2D eigenvalue weighted by Gasteiger charge is 2.22. The second-order valence-corrected chi connectivity index (χ2v) is 6.11. The van der Waals surface area contributed by atoms with Gasteiger partial charge in [-0.15, -0.1) is 0 Å². The van der Waals surface area contributed by atoms with Gasteiger partial charge in [0.1, 0.15) is 0 Å². The van der Waals surface area contributed by atoms with Crippen molar-refractivity contribution in [2.45, 2.75) is 64.5 Å². The Hall–Kier alpha value is -1.03. The highest BCUT2D eigenvalue weighted by atomic mass is 16.5. The van der Waals surface area contributed by atoms with Gasteiger partial charge in [0.25, 0.3) is 0 Å². The summed E-state index contributed by atoms with van der Waals surface area (Å²) < 4.78 is 7.42. The van der Waals surface area contributed by atoms with Gasteiger partial charge in [0.15, 0.2) is 0 Å². The molecule has 0 amide bonds. The number of hydrogen-bond donors (Lipinski definition) is 1. The molecule has 20 heavy (non-hydrogen) atoms. The molecule has 1 aromatic heterocycles. The number of aromatic nitrogens is 2. The van der Waals surface area contributed by atoms with Crippen molar-refractivity contribution in [1.29, 1.82) is 0 Å². The van der Waals surface area contributed by atoms with Crippen molar-refractivity contribution < 1.29 is 4.74 Å². The summed E-state index contributed by atoms with van der Waals surface area (Å²) in [7, 11) is 1.75. The molecule has 1 atom stereocenters. The van der Waals surface area contributed by atoms with Crippen LogP contribution in [0, 0.1) is 5.92 Å². The molecule has 1 unspecified atom stereocenters. The van der Waals surface area contributed by atoms with E-state index in [0.717, 1.165) is 11.9 Å². The van der Waals surface area contributed by atoms with E-state index in [2.05, 4.69) is 28.7 Å².